The molecule has 1 unspecified atom stereocenters. The summed E-state index contributed by atoms with van der Waals surface area (Å²) in [6.45, 7) is 1.24. The van der Waals surface area contributed by atoms with E-state index in [0.29, 0.717) is 13.1 Å². The highest BCUT2D eigenvalue weighted by atomic mass is 16.5. The van der Waals surface area contributed by atoms with Crippen LogP contribution in [0, 0.1) is 0 Å². The van der Waals surface area contributed by atoms with Crippen LogP contribution in [0.2, 0.25) is 0 Å². The van der Waals surface area contributed by atoms with Gasteiger partial charge in [-0.05, 0) is 29.7 Å². The van der Waals surface area contributed by atoms with Gasteiger partial charge in [-0.1, -0.05) is 42.5 Å². The smallest absolute Gasteiger partial charge is 0.130 e. The van der Waals surface area contributed by atoms with Crippen molar-refractivity contribution < 1.29 is 4.74 Å². The summed E-state index contributed by atoms with van der Waals surface area (Å²) < 4.78 is 5.97. The highest BCUT2D eigenvalue weighted by molar-refractivity contribution is 5.73. The molecule has 4 N–H and O–H groups in total. The van der Waals surface area contributed by atoms with Crippen LogP contribution in [0.1, 0.15) is 11.1 Å². The standard InChI is InChI=1S/C17H20N2O/c18-9-8-12-4-6-13(7-5-12)16-3-1-2-14-10-15(11-19)20-17(14)16/h1-7,15H,8-11,18-19H2. The number of nitrogens with two attached hydrogens (primary N) is 2. The van der Waals surface area contributed by atoms with Crippen LogP contribution in [0.4, 0.5) is 0 Å². The Morgan fingerprint density at radius 1 is 1.05 bits per heavy atom. The van der Waals surface area contributed by atoms with Gasteiger partial charge in [0.05, 0.1) is 0 Å². The molecule has 0 saturated carbocycles. The van der Waals surface area contributed by atoms with Gasteiger partial charge in [0.15, 0.2) is 0 Å². The van der Waals surface area contributed by atoms with Gasteiger partial charge in [-0.2, -0.15) is 0 Å². The number of hydrogen-bond donors (Lipinski definition) is 2. The zero-order chi connectivity index (χ0) is 13.9. The molecule has 0 bridgehead atoms. The lowest BCUT2D eigenvalue weighted by molar-refractivity contribution is 0.242. The molecule has 3 heteroatoms. The Kier molecular flexibility index (Phi) is 3.72. The van der Waals surface area contributed by atoms with Crippen molar-refractivity contribution in [2.24, 2.45) is 11.5 Å². The van der Waals surface area contributed by atoms with Crippen LogP contribution in [0.5, 0.6) is 5.75 Å². The molecule has 0 fully saturated rings. The average molecular weight is 268 g/mol. The number of ether oxygens (including phenoxy) is 1. The minimum absolute atomic E-state index is 0.114. The summed E-state index contributed by atoms with van der Waals surface area (Å²) in [5.74, 6) is 0.995. The molecule has 104 valence electrons. The third-order valence-electron chi connectivity index (χ3n) is 3.79. The molecule has 0 saturated heterocycles. The quantitative estimate of drug-likeness (QED) is 0.893. The lowest BCUT2D eigenvalue weighted by atomic mass is 9.99. The summed E-state index contributed by atoms with van der Waals surface area (Å²) in [7, 11) is 0. The molecule has 0 aromatic heterocycles. The Morgan fingerprint density at radius 2 is 1.85 bits per heavy atom. The van der Waals surface area contributed by atoms with Gasteiger partial charge in [-0.25, -0.2) is 0 Å². The van der Waals surface area contributed by atoms with Crippen LogP contribution in [0.15, 0.2) is 42.5 Å². The molecule has 1 aliphatic rings. The second-order valence-electron chi connectivity index (χ2n) is 5.21. The molecule has 0 spiro atoms. The van der Waals surface area contributed by atoms with E-state index in [2.05, 4.69) is 42.5 Å². The monoisotopic (exact) mass is 268 g/mol. The number of benzene rings is 2. The Morgan fingerprint density at radius 3 is 2.55 bits per heavy atom. The predicted octanol–water partition coefficient (Wildman–Crippen LogP) is 2.12. The molecule has 0 aliphatic carbocycles. The van der Waals surface area contributed by atoms with Gasteiger partial charge in [-0.3, -0.25) is 0 Å². The van der Waals surface area contributed by atoms with Gasteiger partial charge in [0.1, 0.15) is 11.9 Å². The van der Waals surface area contributed by atoms with Crippen molar-refractivity contribution in [2.75, 3.05) is 13.1 Å². The molecule has 2 aromatic carbocycles. The number of rotatable bonds is 4. The first-order valence-corrected chi connectivity index (χ1v) is 7.10. The fraction of sp³-hybridized carbons (Fsp3) is 0.294. The van der Waals surface area contributed by atoms with E-state index < -0.39 is 0 Å². The molecule has 1 atom stereocenters. The molecule has 0 radical (unpaired) electrons. The van der Waals surface area contributed by atoms with Crippen LogP contribution in [-0.4, -0.2) is 19.2 Å². The van der Waals surface area contributed by atoms with Crippen molar-refractivity contribution in [3.05, 3.63) is 53.6 Å². The highest BCUT2D eigenvalue weighted by Gasteiger charge is 2.24. The fourth-order valence-corrected chi connectivity index (χ4v) is 2.71. The first-order chi connectivity index (χ1) is 9.81. The van der Waals surface area contributed by atoms with E-state index in [0.717, 1.165) is 24.2 Å². The molecule has 1 heterocycles. The van der Waals surface area contributed by atoms with E-state index in [9.17, 15) is 0 Å². The Labute approximate surface area is 119 Å². The minimum atomic E-state index is 0.114. The molecule has 2 aromatic rings. The summed E-state index contributed by atoms with van der Waals surface area (Å²) in [5, 5.41) is 0. The van der Waals surface area contributed by atoms with E-state index >= 15 is 0 Å². The van der Waals surface area contributed by atoms with Crippen molar-refractivity contribution in [2.45, 2.75) is 18.9 Å². The molecule has 3 nitrogen and oxygen atoms in total. The van der Waals surface area contributed by atoms with E-state index in [1.807, 2.05) is 0 Å². The molecular weight excluding hydrogens is 248 g/mol. The maximum absolute atomic E-state index is 5.97. The third-order valence-corrected chi connectivity index (χ3v) is 3.79. The zero-order valence-electron chi connectivity index (χ0n) is 11.5. The Hall–Kier alpha value is -1.84. The Balaban J connectivity index is 1.94. The van der Waals surface area contributed by atoms with Crippen LogP contribution in [0.3, 0.4) is 0 Å². The van der Waals surface area contributed by atoms with Crippen LogP contribution in [-0.2, 0) is 12.8 Å². The molecule has 20 heavy (non-hydrogen) atoms. The van der Waals surface area contributed by atoms with Gasteiger partial charge in [-0.15, -0.1) is 0 Å². The van der Waals surface area contributed by atoms with E-state index in [1.165, 1.54) is 16.7 Å². The normalized spacial score (nSPS) is 16.8. The van der Waals surface area contributed by atoms with Gasteiger partial charge in [0.25, 0.3) is 0 Å². The van der Waals surface area contributed by atoms with Crippen molar-refractivity contribution in [3.63, 3.8) is 0 Å². The summed E-state index contributed by atoms with van der Waals surface area (Å²) in [6, 6.07) is 14.9. The average Bonchev–Trinajstić information content (AvgIpc) is 2.91. The van der Waals surface area contributed by atoms with Gasteiger partial charge in [0, 0.05) is 18.5 Å². The molecule has 1 aliphatic heterocycles. The van der Waals surface area contributed by atoms with Crippen LogP contribution >= 0.6 is 0 Å². The maximum atomic E-state index is 5.97. The van der Waals surface area contributed by atoms with E-state index in [-0.39, 0.29) is 6.10 Å². The summed E-state index contributed by atoms with van der Waals surface area (Å²) in [4.78, 5) is 0. The van der Waals surface area contributed by atoms with E-state index in [1.54, 1.807) is 0 Å². The number of fused-ring (bicyclic) bond motifs is 1. The first kappa shape index (κ1) is 13.2. The molecule has 0 amide bonds. The second kappa shape index (κ2) is 5.65. The fourth-order valence-electron chi connectivity index (χ4n) is 2.71. The van der Waals surface area contributed by atoms with Crippen LogP contribution < -0.4 is 16.2 Å². The lowest BCUT2D eigenvalue weighted by Crippen LogP contribution is -2.24. The van der Waals surface area contributed by atoms with Crippen molar-refractivity contribution >= 4 is 0 Å². The summed E-state index contributed by atoms with van der Waals surface area (Å²) in [6.07, 6.45) is 1.94. The Bertz CT molecular complexity index is 592. The third kappa shape index (κ3) is 2.42. The highest BCUT2D eigenvalue weighted by Crippen LogP contribution is 2.38. The minimum Gasteiger partial charge on any atom is -0.488 e. The topological polar surface area (TPSA) is 61.3 Å². The largest absolute Gasteiger partial charge is 0.488 e. The SMILES string of the molecule is NCCc1ccc(-c2cccc3c2OC(CN)C3)cc1. The second-order valence-corrected chi connectivity index (χ2v) is 5.21. The first-order valence-electron chi connectivity index (χ1n) is 7.10. The van der Waals surface area contributed by atoms with Gasteiger partial charge < -0.3 is 16.2 Å². The number of hydrogen-bond acceptors (Lipinski definition) is 3. The van der Waals surface area contributed by atoms with Crippen molar-refractivity contribution in [3.8, 4) is 16.9 Å². The lowest BCUT2D eigenvalue weighted by Gasteiger charge is -2.11. The van der Waals surface area contributed by atoms with Gasteiger partial charge >= 0.3 is 0 Å². The summed E-state index contributed by atoms with van der Waals surface area (Å²) >= 11 is 0. The van der Waals surface area contributed by atoms with Crippen molar-refractivity contribution in [1.29, 1.82) is 0 Å². The maximum Gasteiger partial charge on any atom is 0.130 e. The van der Waals surface area contributed by atoms with Crippen LogP contribution in [0.25, 0.3) is 11.1 Å². The zero-order valence-corrected chi connectivity index (χ0v) is 11.5. The van der Waals surface area contributed by atoms with Gasteiger partial charge in [0.2, 0.25) is 0 Å². The molecular formula is C17H20N2O. The predicted molar refractivity (Wildman–Crippen MR) is 81.8 cm³/mol. The number of para-hydroxylation sites is 1. The molecule has 3 rings (SSSR count). The van der Waals surface area contributed by atoms with E-state index in [4.69, 9.17) is 16.2 Å². The van der Waals surface area contributed by atoms with Crippen molar-refractivity contribution in [1.82, 2.24) is 0 Å². The summed E-state index contributed by atoms with van der Waals surface area (Å²) in [5.41, 5.74) is 16.2.